The molecular weight excluding hydrogens is 294 g/mol. The lowest BCUT2D eigenvalue weighted by molar-refractivity contribution is -0.143. The van der Waals surface area contributed by atoms with E-state index >= 15 is 0 Å². The topological polar surface area (TPSA) is 75.6 Å². The highest BCUT2D eigenvalue weighted by Gasteiger charge is 2.56. The number of hydrogen-bond donors (Lipinski definition) is 2. The van der Waals surface area contributed by atoms with E-state index < -0.39 is 17.6 Å². The Labute approximate surface area is 136 Å². The average molecular weight is 317 g/mol. The van der Waals surface area contributed by atoms with Gasteiger partial charge in [0.25, 0.3) is 0 Å². The van der Waals surface area contributed by atoms with Crippen LogP contribution in [0.25, 0.3) is 0 Å². The smallest absolute Gasteiger partial charge is 0.407 e. The molecule has 0 saturated heterocycles. The van der Waals surface area contributed by atoms with Crippen LogP contribution in [0.3, 0.4) is 0 Å². The van der Waals surface area contributed by atoms with Crippen molar-refractivity contribution in [2.24, 2.45) is 11.8 Å². The fourth-order valence-corrected chi connectivity index (χ4v) is 4.26. The molecule has 5 heteroatoms. The zero-order valence-corrected chi connectivity index (χ0v) is 13.2. The average Bonchev–Trinajstić information content (AvgIpc) is 2.52. The number of hydrogen-bond acceptors (Lipinski definition) is 3. The van der Waals surface area contributed by atoms with Crippen molar-refractivity contribution in [2.75, 3.05) is 0 Å². The molecule has 0 heterocycles. The largest absolute Gasteiger partial charge is 0.481 e. The number of carboxylic acids is 1. The fraction of sp³-hybridized carbons (Fsp3) is 0.556. The summed E-state index contributed by atoms with van der Waals surface area (Å²) in [6.45, 7) is 0.198. The Balaban J connectivity index is 1.60. The Bertz CT molecular complexity index is 574. The van der Waals surface area contributed by atoms with Gasteiger partial charge in [-0.1, -0.05) is 49.6 Å². The van der Waals surface area contributed by atoms with Crippen molar-refractivity contribution >= 4 is 12.1 Å². The molecule has 0 bridgehead atoms. The second-order valence-electron chi connectivity index (χ2n) is 6.77. The van der Waals surface area contributed by atoms with E-state index in [4.69, 9.17) is 4.74 Å². The molecule has 3 rings (SSSR count). The standard InChI is InChI=1S/C18H23NO4/c20-16(21)11-18(10-14-8-4-5-9-15(14)18)19-17(22)23-12-13-6-2-1-3-7-13/h1-3,6-7,14-15H,4-5,8-12H2,(H,19,22)(H,20,21)/t14-,15-,18?/m1/s1. The number of benzene rings is 1. The van der Waals surface area contributed by atoms with Crippen molar-refractivity contribution in [3.8, 4) is 0 Å². The molecule has 2 aliphatic carbocycles. The minimum atomic E-state index is -0.864. The van der Waals surface area contributed by atoms with Crippen LogP contribution in [0.15, 0.2) is 30.3 Å². The normalized spacial score (nSPS) is 29.0. The Hall–Kier alpha value is -2.04. The fourth-order valence-electron chi connectivity index (χ4n) is 4.26. The second kappa shape index (κ2) is 6.60. The maximum atomic E-state index is 12.2. The van der Waals surface area contributed by atoms with Gasteiger partial charge in [0.15, 0.2) is 0 Å². The van der Waals surface area contributed by atoms with E-state index in [1.54, 1.807) is 0 Å². The molecule has 0 aliphatic heterocycles. The van der Waals surface area contributed by atoms with Gasteiger partial charge in [-0.2, -0.15) is 0 Å². The maximum Gasteiger partial charge on any atom is 0.407 e. The van der Waals surface area contributed by atoms with Crippen LogP contribution in [-0.4, -0.2) is 22.7 Å². The number of rotatable bonds is 5. The summed E-state index contributed by atoms with van der Waals surface area (Å²) in [5.41, 5.74) is 0.295. The third-order valence-corrected chi connectivity index (χ3v) is 5.28. The molecule has 2 saturated carbocycles. The molecule has 1 aromatic rings. The number of carbonyl (C=O) groups excluding carboxylic acids is 1. The predicted molar refractivity (Wildman–Crippen MR) is 84.8 cm³/mol. The Morgan fingerprint density at radius 2 is 1.96 bits per heavy atom. The van der Waals surface area contributed by atoms with Gasteiger partial charge in [-0.25, -0.2) is 4.79 Å². The van der Waals surface area contributed by atoms with Gasteiger partial charge >= 0.3 is 12.1 Å². The summed E-state index contributed by atoms with van der Waals surface area (Å²) in [5, 5.41) is 12.1. The van der Waals surface area contributed by atoms with E-state index in [-0.39, 0.29) is 18.9 Å². The summed E-state index contributed by atoms with van der Waals surface area (Å²) in [7, 11) is 0. The van der Waals surface area contributed by atoms with Gasteiger partial charge in [-0.3, -0.25) is 4.79 Å². The molecule has 5 nitrogen and oxygen atoms in total. The van der Waals surface area contributed by atoms with Crippen molar-refractivity contribution in [1.29, 1.82) is 0 Å². The lowest BCUT2D eigenvalue weighted by atomic mass is 9.53. The van der Waals surface area contributed by atoms with E-state index in [0.717, 1.165) is 31.2 Å². The number of nitrogens with one attached hydrogen (secondary N) is 1. The summed E-state index contributed by atoms with van der Waals surface area (Å²) >= 11 is 0. The highest BCUT2D eigenvalue weighted by molar-refractivity contribution is 5.73. The first-order chi connectivity index (χ1) is 11.1. The molecule has 0 aromatic heterocycles. The van der Waals surface area contributed by atoms with Gasteiger partial charge in [0.05, 0.1) is 12.0 Å². The first-order valence-electron chi connectivity index (χ1n) is 8.30. The molecule has 0 spiro atoms. The van der Waals surface area contributed by atoms with E-state index in [9.17, 15) is 14.7 Å². The molecule has 124 valence electrons. The lowest BCUT2D eigenvalue weighted by Crippen LogP contribution is -2.65. The van der Waals surface area contributed by atoms with Gasteiger partial charge in [0, 0.05) is 0 Å². The van der Waals surface area contributed by atoms with E-state index in [2.05, 4.69) is 5.32 Å². The zero-order chi connectivity index (χ0) is 16.3. The molecule has 2 N–H and O–H groups in total. The van der Waals surface area contributed by atoms with Gasteiger partial charge in [-0.15, -0.1) is 0 Å². The van der Waals surface area contributed by atoms with Crippen molar-refractivity contribution < 1.29 is 19.4 Å². The predicted octanol–water partition coefficient (Wildman–Crippen LogP) is 3.34. The molecule has 0 radical (unpaired) electrons. The van der Waals surface area contributed by atoms with Gasteiger partial charge < -0.3 is 15.2 Å². The zero-order valence-electron chi connectivity index (χ0n) is 13.2. The quantitative estimate of drug-likeness (QED) is 0.873. The van der Waals surface area contributed by atoms with Gasteiger partial charge in [0.1, 0.15) is 6.61 Å². The third-order valence-electron chi connectivity index (χ3n) is 5.28. The number of ether oxygens (including phenoxy) is 1. The molecule has 1 amide bonds. The number of alkyl carbamates (subject to hydrolysis) is 1. The molecule has 1 aromatic carbocycles. The number of amides is 1. The van der Waals surface area contributed by atoms with Crippen LogP contribution in [-0.2, 0) is 16.1 Å². The van der Waals surface area contributed by atoms with Crippen molar-refractivity contribution in [1.82, 2.24) is 5.32 Å². The SMILES string of the molecule is O=C(O)CC1(NC(=O)OCc2ccccc2)C[C@H]2CCCC[C@H]21. The van der Waals surface area contributed by atoms with Crippen LogP contribution in [0.5, 0.6) is 0 Å². The molecule has 23 heavy (non-hydrogen) atoms. The van der Waals surface area contributed by atoms with Crippen molar-refractivity contribution in [3.63, 3.8) is 0 Å². The van der Waals surface area contributed by atoms with E-state index in [1.165, 1.54) is 6.42 Å². The summed E-state index contributed by atoms with van der Waals surface area (Å²) in [5.74, 6) is -0.0356. The summed E-state index contributed by atoms with van der Waals surface area (Å²) < 4.78 is 5.28. The Morgan fingerprint density at radius 1 is 1.22 bits per heavy atom. The number of carboxylic acid groups (broad SMARTS) is 1. The summed E-state index contributed by atoms with van der Waals surface area (Å²) in [6, 6.07) is 9.47. The first-order valence-corrected chi connectivity index (χ1v) is 8.30. The summed E-state index contributed by atoms with van der Waals surface area (Å²) in [6.07, 6.45) is 4.69. The number of carbonyl (C=O) groups is 2. The molecule has 2 aliphatic rings. The highest BCUT2D eigenvalue weighted by atomic mass is 16.5. The van der Waals surface area contributed by atoms with Crippen LogP contribution in [0.4, 0.5) is 4.79 Å². The maximum absolute atomic E-state index is 12.2. The molecule has 1 unspecified atom stereocenters. The number of aliphatic carboxylic acids is 1. The van der Waals surface area contributed by atoms with Crippen LogP contribution in [0.1, 0.15) is 44.1 Å². The molecular formula is C18H23NO4. The minimum Gasteiger partial charge on any atom is -0.481 e. The monoisotopic (exact) mass is 317 g/mol. The van der Waals surface area contributed by atoms with Crippen molar-refractivity contribution in [3.05, 3.63) is 35.9 Å². The summed E-state index contributed by atoms with van der Waals surface area (Å²) in [4.78, 5) is 23.4. The van der Waals surface area contributed by atoms with Crippen LogP contribution in [0.2, 0.25) is 0 Å². The van der Waals surface area contributed by atoms with Gasteiger partial charge in [0.2, 0.25) is 0 Å². The minimum absolute atomic E-state index is 0.0192. The van der Waals surface area contributed by atoms with Crippen molar-refractivity contribution in [2.45, 2.75) is 50.7 Å². The second-order valence-corrected chi connectivity index (χ2v) is 6.77. The highest BCUT2D eigenvalue weighted by Crippen LogP contribution is 2.53. The van der Waals surface area contributed by atoms with E-state index in [1.807, 2.05) is 30.3 Å². The van der Waals surface area contributed by atoms with Crippen LogP contribution < -0.4 is 5.32 Å². The third kappa shape index (κ3) is 3.49. The Kier molecular flexibility index (Phi) is 4.55. The van der Waals surface area contributed by atoms with Crippen LogP contribution >= 0.6 is 0 Å². The van der Waals surface area contributed by atoms with Crippen LogP contribution in [0, 0.1) is 11.8 Å². The van der Waals surface area contributed by atoms with Gasteiger partial charge in [-0.05, 0) is 30.2 Å². The van der Waals surface area contributed by atoms with E-state index in [0.29, 0.717) is 5.92 Å². The first kappa shape index (κ1) is 15.8. The lowest BCUT2D eigenvalue weighted by Gasteiger charge is -2.57. The molecule has 2 fully saturated rings. The molecule has 3 atom stereocenters. The number of fused-ring (bicyclic) bond motifs is 1. The Morgan fingerprint density at radius 3 is 2.65 bits per heavy atom.